The lowest BCUT2D eigenvalue weighted by atomic mass is 9.93. The Bertz CT molecular complexity index is 861. The molecule has 1 N–H and O–H groups in total. The third-order valence-corrected chi connectivity index (χ3v) is 4.24. The molecule has 2 aromatic rings. The molecule has 2 amide bonds. The van der Waals surface area contributed by atoms with Crippen LogP contribution in [0.2, 0.25) is 0 Å². The normalized spacial score (nSPS) is 15.6. The van der Waals surface area contributed by atoms with E-state index >= 15 is 0 Å². The molecular formula is C20H19FN2O2. The number of rotatable bonds is 3. The van der Waals surface area contributed by atoms with Gasteiger partial charge in [0.25, 0.3) is 0 Å². The standard InChI is InChI=1S/C20H19FN2O2/c1-13-7-8-17(21)18(11-13)22-20(25)12-19-16-6-4-3-5-15(16)9-10-23(19)14(2)24/h3-11,19H,12H2,1-2H3,(H,22,25). The predicted octanol–water partition coefficient (Wildman–Crippen LogP) is 4.04. The van der Waals surface area contributed by atoms with Crippen molar-refractivity contribution in [3.63, 3.8) is 0 Å². The minimum absolute atomic E-state index is 0.0499. The van der Waals surface area contributed by atoms with Gasteiger partial charge in [0.2, 0.25) is 11.8 Å². The molecule has 3 rings (SSSR count). The van der Waals surface area contributed by atoms with E-state index in [1.165, 1.54) is 17.9 Å². The molecule has 0 fully saturated rings. The van der Waals surface area contributed by atoms with Gasteiger partial charge in [-0.1, -0.05) is 30.3 Å². The summed E-state index contributed by atoms with van der Waals surface area (Å²) in [5.74, 6) is -0.970. The zero-order chi connectivity index (χ0) is 18.0. The summed E-state index contributed by atoms with van der Waals surface area (Å²) in [6.07, 6.45) is 3.59. The number of halogens is 1. The molecule has 0 saturated heterocycles. The molecule has 0 radical (unpaired) electrons. The van der Waals surface area contributed by atoms with E-state index in [1.54, 1.807) is 18.3 Å². The van der Waals surface area contributed by atoms with Gasteiger partial charge in [0.05, 0.1) is 18.2 Å². The van der Waals surface area contributed by atoms with Crippen molar-refractivity contribution in [2.45, 2.75) is 26.3 Å². The highest BCUT2D eigenvalue weighted by molar-refractivity contribution is 5.92. The van der Waals surface area contributed by atoms with E-state index in [-0.39, 0.29) is 23.9 Å². The molecule has 2 aromatic carbocycles. The van der Waals surface area contributed by atoms with Gasteiger partial charge in [-0.05, 0) is 41.8 Å². The molecule has 1 aliphatic rings. The smallest absolute Gasteiger partial charge is 0.226 e. The quantitative estimate of drug-likeness (QED) is 0.918. The number of nitrogens with one attached hydrogen (secondary N) is 1. The lowest BCUT2D eigenvalue weighted by Crippen LogP contribution is -2.33. The fraction of sp³-hybridized carbons (Fsp3) is 0.200. The van der Waals surface area contributed by atoms with Crippen molar-refractivity contribution >= 4 is 23.6 Å². The Morgan fingerprint density at radius 1 is 1.20 bits per heavy atom. The van der Waals surface area contributed by atoms with Gasteiger partial charge in [0, 0.05) is 13.1 Å². The molecule has 0 aliphatic carbocycles. The van der Waals surface area contributed by atoms with Crippen molar-refractivity contribution in [1.29, 1.82) is 0 Å². The first-order valence-corrected chi connectivity index (χ1v) is 8.08. The Morgan fingerprint density at radius 2 is 1.96 bits per heavy atom. The highest BCUT2D eigenvalue weighted by atomic mass is 19.1. The van der Waals surface area contributed by atoms with Gasteiger partial charge in [-0.2, -0.15) is 0 Å². The van der Waals surface area contributed by atoms with Crippen molar-refractivity contribution < 1.29 is 14.0 Å². The summed E-state index contributed by atoms with van der Waals surface area (Å²) in [5.41, 5.74) is 2.88. The maximum absolute atomic E-state index is 13.9. The summed E-state index contributed by atoms with van der Waals surface area (Å²) in [5, 5.41) is 2.61. The number of carbonyl (C=O) groups excluding carboxylic acids is 2. The van der Waals surface area contributed by atoms with E-state index in [4.69, 9.17) is 0 Å². The molecule has 128 valence electrons. The summed E-state index contributed by atoms with van der Waals surface area (Å²) in [7, 11) is 0. The average molecular weight is 338 g/mol. The monoisotopic (exact) mass is 338 g/mol. The number of anilines is 1. The number of benzene rings is 2. The third kappa shape index (κ3) is 3.60. The van der Waals surface area contributed by atoms with Gasteiger partial charge in [0.1, 0.15) is 5.82 Å². The van der Waals surface area contributed by atoms with E-state index < -0.39 is 11.9 Å². The van der Waals surface area contributed by atoms with Gasteiger partial charge >= 0.3 is 0 Å². The molecule has 0 spiro atoms. The third-order valence-electron chi connectivity index (χ3n) is 4.24. The lowest BCUT2D eigenvalue weighted by Gasteiger charge is -2.32. The van der Waals surface area contributed by atoms with Crippen LogP contribution in [-0.4, -0.2) is 16.7 Å². The fourth-order valence-electron chi connectivity index (χ4n) is 3.02. The highest BCUT2D eigenvalue weighted by Crippen LogP contribution is 2.33. The van der Waals surface area contributed by atoms with Crippen LogP contribution in [0, 0.1) is 12.7 Å². The number of aryl methyl sites for hydroxylation is 1. The molecule has 1 atom stereocenters. The minimum atomic E-state index is -0.480. The van der Waals surface area contributed by atoms with E-state index in [1.807, 2.05) is 37.3 Å². The second kappa shape index (κ2) is 6.89. The van der Waals surface area contributed by atoms with Crippen LogP contribution in [0.4, 0.5) is 10.1 Å². The number of hydrogen-bond donors (Lipinski definition) is 1. The zero-order valence-electron chi connectivity index (χ0n) is 14.1. The van der Waals surface area contributed by atoms with Crippen LogP contribution in [0.15, 0.2) is 48.7 Å². The van der Waals surface area contributed by atoms with Crippen LogP contribution in [0.25, 0.3) is 6.08 Å². The van der Waals surface area contributed by atoms with Gasteiger partial charge < -0.3 is 10.2 Å². The summed E-state index contributed by atoms with van der Waals surface area (Å²) in [6.45, 7) is 3.29. The largest absolute Gasteiger partial charge is 0.324 e. The molecule has 0 saturated carbocycles. The minimum Gasteiger partial charge on any atom is -0.324 e. The summed E-state index contributed by atoms with van der Waals surface area (Å²) < 4.78 is 13.9. The second-order valence-corrected chi connectivity index (χ2v) is 6.12. The number of nitrogens with zero attached hydrogens (tertiary/aromatic N) is 1. The zero-order valence-corrected chi connectivity index (χ0v) is 14.1. The Balaban J connectivity index is 1.84. The van der Waals surface area contributed by atoms with Crippen molar-refractivity contribution in [2.75, 3.05) is 5.32 Å². The van der Waals surface area contributed by atoms with Gasteiger partial charge in [-0.3, -0.25) is 9.59 Å². The number of fused-ring (bicyclic) bond motifs is 1. The van der Waals surface area contributed by atoms with Crippen LogP contribution >= 0.6 is 0 Å². The first-order chi connectivity index (χ1) is 12.0. The summed E-state index contributed by atoms with van der Waals surface area (Å²) in [6, 6.07) is 11.8. The lowest BCUT2D eigenvalue weighted by molar-refractivity contribution is -0.129. The van der Waals surface area contributed by atoms with E-state index in [0.29, 0.717) is 0 Å². The van der Waals surface area contributed by atoms with Gasteiger partial charge in [0.15, 0.2) is 0 Å². The number of carbonyl (C=O) groups is 2. The van der Waals surface area contributed by atoms with Crippen molar-refractivity contribution in [1.82, 2.24) is 4.90 Å². The average Bonchev–Trinajstić information content (AvgIpc) is 2.58. The maximum Gasteiger partial charge on any atom is 0.226 e. The van der Waals surface area contributed by atoms with Crippen molar-refractivity contribution in [2.24, 2.45) is 0 Å². The number of hydrogen-bond acceptors (Lipinski definition) is 2. The van der Waals surface area contributed by atoms with E-state index in [9.17, 15) is 14.0 Å². The molecule has 25 heavy (non-hydrogen) atoms. The fourth-order valence-corrected chi connectivity index (χ4v) is 3.02. The molecule has 4 nitrogen and oxygen atoms in total. The summed E-state index contributed by atoms with van der Waals surface area (Å²) in [4.78, 5) is 26.0. The van der Waals surface area contributed by atoms with Crippen molar-refractivity contribution in [3.05, 3.63) is 71.2 Å². The molecule has 1 heterocycles. The SMILES string of the molecule is CC(=O)N1C=Cc2ccccc2C1CC(=O)Nc1cc(C)ccc1F. The Morgan fingerprint density at radius 3 is 2.72 bits per heavy atom. The Hall–Kier alpha value is -2.95. The molecule has 1 unspecified atom stereocenters. The topological polar surface area (TPSA) is 49.4 Å². The molecule has 1 aliphatic heterocycles. The van der Waals surface area contributed by atoms with Crippen LogP contribution < -0.4 is 5.32 Å². The number of amides is 2. The predicted molar refractivity (Wildman–Crippen MR) is 95.1 cm³/mol. The first kappa shape index (κ1) is 16.9. The summed E-state index contributed by atoms with van der Waals surface area (Å²) >= 11 is 0. The Labute approximate surface area is 146 Å². The molecule has 5 heteroatoms. The van der Waals surface area contributed by atoms with Crippen LogP contribution in [0.5, 0.6) is 0 Å². The second-order valence-electron chi connectivity index (χ2n) is 6.12. The molecule has 0 bridgehead atoms. The first-order valence-electron chi connectivity index (χ1n) is 8.08. The highest BCUT2D eigenvalue weighted by Gasteiger charge is 2.28. The van der Waals surface area contributed by atoms with E-state index in [0.717, 1.165) is 16.7 Å². The van der Waals surface area contributed by atoms with E-state index in [2.05, 4.69) is 5.32 Å². The Kier molecular flexibility index (Phi) is 4.65. The van der Waals surface area contributed by atoms with Gasteiger partial charge in [-0.15, -0.1) is 0 Å². The van der Waals surface area contributed by atoms with Gasteiger partial charge in [-0.25, -0.2) is 4.39 Å². The molecule has 0 aromatic heterocycles. The van der Waals surface area contributed by atoms with Crippen LogP contribution in [0.1, 0.15) is 36.1 Å². The maximum atomic E-state index is 13.9. The van der Waals surface area contributed by atoms with Crippen molar-refractivity contribution in [3.8, 4) is 0 Å². The molecular weight excluding hydrogens is 319 g/mol. The van der Waals surface area contributed by atoms with Crippen LogP contribution in [0.3, 0.4) is 0 Å². The van der Waals surface area contributed by atoms with Crippen LogP contribution in [-0.2, 0) is 9.59 Å².